The number of aryl methyl sites for hydroxylation is 1. The van der Waals surface area contributed by atoms with Gasteiger partial charge in [0.1, 0.15) is 0 Å². The zero-order valence-electron chi connectivity index (χ0n) is 13.5. The molecule has 0 bridgehead atoms. The van der Waals surface area contributed by atoms with Gasteiger partial charge in [-0.1, -0.05) is 0 Å². The third-order valence-electron chi connectivity index (χ3n) is 4.44. The highest BCUT2D eigenvalue weighted by molar-refractivity contribution is 7.12. The minimum absolute atomic E-state index is 0.0952. The van der Waals surface area contributed by atoms with Gasteiger partial charge in [0.15, 0.2) is 0 Å². The molecule has 0 unspecified atom stereocenters. The molecule has 1 aromatic rings. The van der Waals surface area contributed by atoms with Crippen molar-refractivity contribution in [3.8, 4) is 0 Å². The first kappa shape index (κ1) is 16.4. The molecule has 126 valence electrons. The monoisotopic (exact) mass is 337 g/mol. The molecule has 2 amide bonds. The highest BCUT2D eigenvalue weighted by Gasteiger charge is 2.27. The first-order valence-corrected chi connectivity index (χ1v) is 8.94. The Balaban J connectivity index is 1.49. The van der Waals surface area contributed by atoms with Crippen molar-refractivity contribution in [1.29, 1.82) is 0 Å². The summed E-state index contributed by atoms with van der Waals surface area (Å²) in [5, 5.41) is 1.95. The van der Waals surface area contributed by atoms with Crippen molar-refractivity contribution in [1.82, 2.24) is 14.7 Å². The van der Waals surface area contributed by atoms with Gasteiger partial charge >= 0.3 is 0 Å². The van der Waals surface area contributed by atoms with Crippen LogP contribution < -0.4 is 0 Å². The summed E-state index contributed by atoms with van der Waals surface area (Å²) in [6, 6.07) is 1.97. The zero-order chi connectivity index (χ0) is 16.2. The van der Waals surface area contributed by atoms with Crippen LogP contribution in [0.2, 0.25) is 0 Å². The molecule has 7 heteroatoms. The summed E-state index contributed by atoms with van der Waals surface area (Å²) >= 11 is 1.49. The summed E-state index contributed by atoms with van der Waals surface area (Å²) < 4.78 is 5.30. The van der Waals surface area contributed by atoms with Crippen LogP contribution in [0, 0.1) is 6.92 Å². The third-order valence-corrected chi connectivity index (χ3v) is 5.44. The fourth-order valence-electron chi connectivity index (χ4n) is 2.94. The molecule has 2 saturated heterocycles. The fraction of sp³-hybridized carbons (Fsp3) is 0.625. The van der Waals surface area contributed by atoms with Crippen LogP contribution in [0.3, 0.4) is 0 Å². The summed E-state index contributed by atoms with van der Waals surface area (Å²) in [5.41, 5.74) is 1.03. The van der Waals surface area contributed by atoms with E-state index < -0.39 is 0 Å². The molecule has 2 fully saturated rings. The number of hydrogen-bond donors (Lipinski definition) is 0. The number of carbonyl (C=O) groups excluding carboxylic acids is 2. The molecule has 0 atom stereocenters. The smallest absolute Gasteiger partial charge is 0.264 e. The third kappa shape index (κ3) is 3.91. The average Bonchev–Trinajstić information content (AvgIpc) is 3.01. The molecule has 6 nitrogen and oxygen atoms in total. The van der Waals surface area contributed by atoms with Gasteiger partial charge in [0.05, 0.1) is 24.6 Å². The molecule has 2 aliphatic rings. The summed E-state index contributed by atoms with van der Waals surface area (Å²) in [5.74, 6) is 0.254. The Morgan fingerprint density at radius 3 is 2.35 bits per heavy atom. The molecule has 0 aromatic carbocycles. The summed E-state index contributed by atoms with van der Waals surface area (Å²) in [4.78, 5) is 31.5. The lowest BCUT2D eigenvalue weighted by Crippen LogP contribution is -2.53. The Morgan fingerprint density at radius 2 is 1.74 bits per heavy atom. The number of amides is 2. The van der Waals surface area contributed by atoms with Gasteiger partial charge in [-0.2, -0.15) is 0 Å². The first-order chi connectivity index (χ1) is 11.1. The molecular weight excluding hydrogens is 314 g/mol. The normalized spacial score (nSPS) is 19.9. The lowest BCUT2D eigenvalue weighted by atomic mass is 10.2. The maximum Gasteiger partial charge on any atom is 0.264 e. The minimum Gasteiger partial charge on any atom is -0.379 e. The number of nitrogens with zero attached hydrogens (tertiary/aromatic N) is 3. The molecule has 0 spiro atoms. The number of rotatable bonds is 3. The van der Waals surface area contributed by atoms with Gasteiger partial charge in [0, 0.05) is 39.3 Å². The lowest BCUT2D eigenvalue weighted by Gasteiger charge is -2.36. The van der Waals surface area contributed by atoms with Crippen LogP contribution in [0.15, 0.2) is 11.4 Å². The van der Waals surface area contributed by atoms with E-state index >= 15 is 0 Å². The van der Waals surface area contributed by atoms with E-state index in [1.807, 2.05) is 28.2 Å². The fourth-order valence-corrected chi connectivity index (χ4v) is 3.84. The number of piperazine rings is 1. The predicted molar refractivity (Wildman–Crippen MR) is 88.8 cm³/mol. The molecule has 2 aliphatic heterocycles. The van der Waals surface area contributed by atoms with Crippen molar-refractivity contribution in [3.63, 3.8) is 0 Å². The SMILES string of the molecule is Cc1ccsc1C(=O)N1CCN(C(=O)CN2CCOCC2)CC1. The predicted octanol–water partition coefficient (Wildman–Crippen LogP) is 0.673. The van der Waals surface area contributed by atoms with Crippen molar-refractivity contribution < 1.29 is 14.3 Å². The van der Waals surface area contributed by atoms with Crippen LogP contribution in [0.4, 0.5) is 0 Å². The number of carbonyl (C=O) groups is 2. The summed E-state index contributed by atoms with van der Waals surface area (Å²) in [7, 11) is 0. The van der Waals surface area contributed by atoms with Gasteiger partial charge in [0.25, 0.3) is 5.91 Å². The van der Waals surface area contributed by atoms with E-state index in [9.17, 15) is 9.59 Å². The quantitative estimate of drug-likeness (QED) is 0.814. The molecule has 0 aliphatic carbocycles. The molecule has 3 rings (SSSR count). The molecular formula is C16H23N3O3S. The van der Waals surface area contributed by atoms with Crippen molar-refractivity contribution >= 4 is 23.2 Å². The highest BCUT2D eigenvalue weighted by Crippen LogP contribution is 2.19. The van der Waals surface area contributed by atoms with Gasteiger partial charge in [-0.05, 0) is 23.9 Å². The lowest BCUT2D eigenvalue weighted by molar-refractivity contribution is -0.134. The first-order valence-electron chi connectivity index (χ1n) is 8.06. The van der Waals surface area contributed by atoms with E-state index in [1.165, 1.54) is 11.3 Å². The van der Waals surface area contributed by atoms with Crippen molar-refractivity contribution in [2.24, 2.45) is 0 Å². The second-order valence-corrected chi connectivity index (χ2v) is 6.91. The van der Waals surface area contributed by atoms with E-state index in [0.29, 0.717) is 45.9 Å². The number of hydrogen-bond acceptors (Lipinski definition) is 5. The van der Waals surface area contributed by atoms with Gasteiger partial charge < -0.3 is 14.5 Å². The van der Waals surface area contributed by atoms with Crippen LogP contribution in [-0.4, -0.2) is 85.5 Å². The van der Waals surface area contributed by atoms with Crippen molar-refractivity contribution in [2.45, 2.75) is 6.92 Å². The van der Waals surface area contributed by atoms with Crippen LogP contribution in [0.25, 0.3) is 0 Å². The van der Waals surface area contributed by atoms with E-state index in [-0.39, 0.29) is 11.8 Å². The Labute approximate surface area is 140 Å². The topological polar surface area (TPSA) is 53.1 Å². The maximum atomic E-state index is 12.5. The van der Waals surface area contributed by atoms with Crippen molar-refractivity contribution in [2.75, 3.05) is 59.0 Å². The van der Waals surface area contributed by atoms with Crippen LogP contribution in [0.1, 0.15) is 15.2 Å². The van der Waals surface area contributed by atoms with E-state index in [1.54, 1.807) is 0 Å². The Hall–Kier alpha value is -1.44. The number of thiophene rings is 1. The number of morpholine rings is 1. The van der Waals surface area contributed by atoms with E-state index in [0.717, 1.165) is 23.5 Å². The number of ether oxygens (including phenoxy) is 1. The van der Waals surface area contributed by atoms with E-state index in [2.05, 4.69) is 4.90 Å². The molecule has 0 radical (unpaired) electrons. The van der Waals surface area contributed by atoms with Crippen LogP contribution in [0.5, 0.6) is 0 Å². The molecule has 3 heterocycles. The van der Waals surface area contributed by atoms with Crippen LogP contribution in [-0.2, 0) is 9.53 Å². The molecule has 0 saturated carbocycles. The van der Waals surface area contributed by atoms with Gasteiger partial charge in [-0.15, -0.1) is 11.3 Å². The molecule has 23 heavy (non-hydrogen) atoms. The van der Waals surface area contributed by atoms with Gasteiger partial charge in [-0.3, -0.25) is 14.5 Å². The molecule has 1 aromatic heterocycles. The van der Waals surface area contributed by atoms with Crippen molar-refractivity contribution in [3.05, 3.63) is 21.9 Å². The Kier molecular flexibility index (Phi) is 5.30. The van der Waals surface area contributed by atoms with Gasteiger partial charge in [0.2, 0.25) is 5.91 Å². The summed E-state index contributed by atoms with van der Waals surface area (Å²) in [6.45, 7) is 7.96. The highest BCUT2D eigenvalue weighted by atomic mass is 32.1. The Morgan fingerprint density at radius 1 is 1.09 bits per heavy atom. The maximum absolute atomic E-state index is 12.5. The second-order valence-electron chi connectivity index (χ2n) is 5.99. The Bertz CT molecular complexity index is 561. The zero-order valence-corrected chi connectivity index (χ0v) is 14.3. The van der Waals surface area contributed by atoms with Crippen LogP contribution >= 0.6 is 11.3 Å². The minimum atomic E-state index is 0.0952. The molecule has 0 N–H and O–H groups in total. The second kappa shape index (κ2) is 7.42. The van der Waals surface area contributed by atoms with E-state index in [4.69, 9.17) is 4.74 Å². The summed E-state index contributed by atoms with van der Waals surface area (Å²) in [6.07, 6.45) is 0. The van der Waals surface area contributed by atoms with Gasteiger partial charge in [-0.25, -0.2) is 0 Å². The largest absolute Gasteiger partial charge is 0.379 e. The average molecular weight is 337 g/mol. The standard InChI is InChI=1S/C16H23N3O3S/c1-13-2-11-23-15(13)16(21)19-5-3-18(4-6-19)14(20)12-17-7-9-22-10-8-17/h2,11H,3-10,12H2,1H3.